The minimum atomic E-state index is 0.0337. The fraction of sp³-hybridized carbons (Fsp3) is 0.367. The molecule has 0 aliphatic carbocycles. The molecule has 0 bridgehead atoms. The molecular weight excluding hydrogens is 422 g/mol. The Morgan fingerprint density at radius 1 is 0.735 bits per heavy atom. The predicted octanol–water partition coefficient (Wildman–Crippen LogP) is 6.61. The van der Waals surface area contributed by atoms with Crippen LogP contribution in [0.15, 0.2) is 72.8 Å². The summed E-state index contributed by atoms with van der Waals surface area (Å²) in [4.78, 5) is 12.4. The van der Waals surface area contributed by atoms with E-state index in [-0.39, 0.29) is 5.91 Å². The molecule has 0 spiro atoms. The maximum absolute atomic E-state index is 12.4. The molecule has 0 heterocycles. The fourth-order valence-electron chi connectivity index (χ4n) is 3.63. The summed E-state index contributed by atoms with van der Waals surface area (Å²) >= 11 is 0. The Bertz CT molecular complexity index is 999. The number of hydrogen-bond acceptors (Lipinski definition) is 3. The van der Waals surface area contributed by atoms with Crippen molar-refractivity contribution in [2.45, 2.75) is 52.4 Å². The Labute approximate surface area is 204 Å². The third kappa shape index (κ3) is 8.26. The van der Waals surface area contributed by atoms with E-state index in [0.717, 1.165) is 60.3 Å². The van der Waals surface area contributed by atoms with Crippen molar-refractivity contribution in [3.05, 3.63) is 83.9 Å². The van der Waals surface area contributed by atoms with Gasteiger partial charge in [-0.05, 0) is 53.6 Å². The number of ether oxygens (including phenoxy) is 2. The molecular formula is C30H37NO3. The Kier molecular flexibility index (Phi) is 10.5. The summed E-state index contributed by atoms with van der Waals surface area (Å²) in [6.45, 7) is 6.27. The number of amides is 1. The lowest BCUT2D eigenvalue weighted by atomic mass is 10.0. The second-order valence-corrected chi connectivity index (χ2v) is 8.52. The molecule has 0 fully saturated rings. The fourth-order valence-corrected chi connectivity index (χ4v) is 3.63. The van der Waals surface area contributed by atoms with E-state index in [2.05, 4.69) is 49.5 Å². The van der Waals surface area contributed by atoms with Gasteiger partial charge in [0, 0.05) is 6.54 Å². The predicted molar refractivity (Wildman–Crippen MR) is 140 cm³/mol. The quantitative estimate of drug-likeness (QED) is 0.276. The molecule has 34 heavy (non-hydrogen) atoms. The van der Waals surface area contributed by atoms with Crippen LogP contribution in [0.4, 0.5) is 0 Å². The standard InChI is InChI=1S/C30H37NO3/c1-3-5-20-33-28-17-14-25(22-29(28)34-21-6-4-2)18-19-31-30(32)23-24-12-15-27(16-13-24)26-10-8-7-9-11-26/h7-17,22H,3-6,18-21,23H2,1-2H3,(H,31,32). The summed E-state index contributed by atoms with van der Waals surface area (Å²) in [7, 11) is 0. The molecule has 0 saturated heterocycles. The van der Waals surface area contributed by atoms with Gasteiger partial charge in [0.15, 0.2) is 11.5 Å². The zero-order chi connectivity index (χ0) is 24.0. The van der Waals surface area contributed by atoms with Crippen LogP contribution in [0.25, 0.3) is 11.1 Å². The van der Waals surface area contributed by atoms with Gasteiger partial charge in [0.25, 0.3) is 0 Å². The molecule has 0 atom stereocenters. The zero-order valence-corrected chi connectivity index (χ0v) is 20.5. The van der Waals surface area contributed by atoms with Gasteiger partial charge in [-0.2, -0.15) is 0 Å². The van der Waals surface area contributed by atoms with E-state index in [1.54, 1.807) is 0 Å². The van der Waals surface area contributed by atoms with Crippen LogP contribution in [0.5, 0.6) is 11.5 Å². The average molecular weight is 460 g/mol. The lowest BCUT2D eigenvalue weighted by Gasteiger charge is -2.14. The van der Waals surface area contributed by atoms with Crippen LogP contribution in [-0.4, -0.2) is 25.7 Å². The minimum Gasteiger partial charge on any atom is -0.490 e. The van der Waals surface area contributed by atoms with Crippen molar-refractivity contribution in [2.24, 2.45) is 0 Å². The Hall–Kier alpha value is -3.27. The topological polar surface area (TPSA) is 47.6 Å². The van der Waals surface area contributed by atoms with Crippen molar-refractivity contribution in [3.8, 4) is 22.6 Å². The van der Waals surface area contributed by atoms with E-state index in [4.69, 9.17) is 9.47 Å². The highest BCUT2D eigenvalue weighted by Crippen LogP contribution is 2.29. The highest BCUT2D eigenvalue weighted by Gasteiger charge is 2.09. The first-order valence-corrected chi connectivity index (χ1v) is 12.5. The zero-order valence-electron chi connectivity index (χ0n) is 20.5. The van der Waals surface area contributed by atoms with Crippen molar-refractivity contribution in [2.75, 3.05) is 19.8 Å². The monoisotopic (exact) mass is 459 g/mol. The van der Waals surface area contributed by atoms with Gasteiger partial charge in [-0.25, -0.2) is 0 Å². The van der Waals surface area contributed by atoms with E-state index in [1.807, 2.05) is 42.5 Å². The first kappa shape index (κ1) is 25.4. The number of rotatable bonds is 14. The van der Waals surface area contributed by atoms with E-state index in [0.29, 0.717) is 26.2 Å². The van der Waals surface area contributed by atoms with E-state index < -0.39 is 0 Å². The molecule has 3 rings (SSSR count). The first-order chi connectivity index (χ1) is 16.7. The smallest absolute Gasteiger partial charge is 0.224 e. The Morgan fingerprint density at radius 3 is 2.03 bits per heavy atom. The van der Waals surface area contributed by atoms with Crippen LogP contribution in [0.1, 0.15) is 50.7 Å². The highest BCUT2D eigenvalue weighted by molar-refractivity contribution is 5.78. The molecule has 180 valence electrons. The van der Waals surface area contributed by atoms with Gasteiger partial charge in [0.05, 0.1) is 19.6 Å². The molecule has 0 saturated carbocycles. The van der Waals surface area contributed by atoms with Crippen molar-refractivity contribution in [3.63, 3.8) is 0 Å². The number of benzene rings is 3. The summed E-state index contributed by atoms with van der Waals surface area (Å²) in [5.74, 6) is 1.63. The number of carbonyl (C=O) groups excluding carboxylic acids is 1. The molecule has 0 aliphatic rings. The van der Waals surface area contributed by atoms with Crippen molar-refractivity contribution in [1.29, 1.82) is 0 Å². The lowest BCUT2D eigenvalue weighted by molar-refractivity contribution is -0.120. The normalized spacial score (nSPS) is 10.6. The summed E-state index contributed by atoms with van der Waals surface area (Å²) in [5, 5.41) is 3.04. The van der Waals surface area contributed by atoms with Gasteiger partial charge in [0.1, 0.15) is 0 Å². The third-order valence-electron chi connectivity index (χ3n) is 5.68. The molecule has 0 unspecified atom stereocenters. The largest absolute Gasteiger partial charge is 0.490 e. The highest BCUT2D eigenvalue weighted by atomic mass is 16.5. The average Bonchev–Trinajstić information content (AvgIpc) is 2.86. The molecule has 1 amide bonds. The van der Waals surface area contributed by atoms with Crippen LogP contribution in [-0.2, 0) is 17.6 Å². The SMILES string of the molecule is CCCCOc1ccc(CCNC(=O)Cc2ccc(-c3ccccc3)cc2)cc1OCCCC. The molecule has 0 aromatic heterocycles. The molecule has 3 aromatic carbocycles. The molecule has 4 nitrogen and oxygen atoms in total. The number of carbonyl (C=O) groups is 1. The summed E-state index contributed by atoms with van der Waals surface area (Å²) < 4.78 is 11.9. The molecule has 1 N–H and O–H groups in total. The molecule has 3 aromatic rings. The van der Waals surface area contributed by atoms with Gasteiger partial charge in [-0.3, -0.25) is 4.79 Å². The first-order valence-electron chi connectivity index (χ1n) is 12.5. The van der Waals surface area contributed by atoms with Gasteiger partial charge in [0.2, 0.25) is 5.91 Å². The number of hydrogen-bond donors (Lipinski definition) is 1. The van der Waals surface area contributed by atoms with Gasteiger partial charge in [-0.1, -0.05) is 87.4 Å². The Balaban J connectivity index is 1.49. The lowest BCUT2D eigenvalue weighted by Crippen LogP contribution is -2.27. The minimum absolute atomic E-state index is 0.0337. The van der Waals surface area contributed by atoms with Crippen LogP contribution in [0.2, 0.25) is 0 Å². The summed E-state index contributed by atoms with van der Waals surface area (Å²) in [6, 6.07) is 24.5. The van der Waals surface area contributed by atoms with E-state index in [9.17, 15) is 4.79 Å². The summed E-state index contributed by atoms with van der Waals surface area (Å²) in [5.41, 5.74) is 4.47. The third-order valence-corrected chi connectivity index (χ3v) is 5.68. The van der Waals surface area contributed by atoms with E-state index >= 15 is 0 Å². The summed E-state index contributed by atoms with van der Waals surface area (Å²) in [6.07, 6.45) is 5.36. The van der Waals surface area contributed by atoms with Crippen LogP contribution in [0, 0.1) is 0 Å². The maximum atomic E-state index is 12.4. The molecule has 0 radical (unpaired) electrons. The Morgan fingerprint density at radius 2 is 1.35 bits per heavy atom. The van der Waals surface area contributed by atoms with Crippen LogP contribution >= 0.6 is 0 Å². The van der Waals surface area contributed by atoms with Crippen molar-refractivity contribution < 1.29 is 14.3 Å². The van der Waals surface area contributed by atoms with Crippen molar-refractivity contribution >= 4 is 5.91 Å². The van der Waals surface area contributed by atoms with E-state index in [1.165, 1.54) is 5.56 Å². The number of nitrogens with one attached hydrogen (secondary N) is 1. The van der Waals surface area contributed by atoms with Gasteiger partial charge in [-0.15, -0.1) is 0 Å². The second kappa shape index (κ2) is 14.1. The molecule has 4 heteroatoms. The molecule has 0 aliphatic heterocycles. The maximum Gasteiger partial charge on any atom is 0.224 e. The van der Waals surface area contributed by atoms with Crippen LogP contribution < -0.4 is 14.8 Å². The van der Waals surface area contributed by atoms with Crippen LogP contribution in [0.3, 0.4) is 0 Å². The number of unbranched alkanes of at least 4 members (excludes halogenated alkanes) is 2. The van der Waals surface area contributed by atoms with Gasteiger partial charge < -0.3 is 14.8 Å². The van der Waals surface area contributed by atoms with Crippen molar-refractivity contribution in [1.82, 2.24) is 5.32 Å². The second-order valence-electron chi connectivity index (χ2n) is 8.52. The van der Waals surface area contributed by atoms with Gasteiger partial charge >= 0.3 is 0 Å².